The number of hydrogen-bond donors (Lipinski definition) is 1. The van der Waals surface area contributed by atoms with Gasteiger partial charge in [-0.3, -0.25) is 4.79 Å². The molecule has 1 unspecified atom stereocenters. The monoisotopic (exact) mass is 145 g/mol. The lowest BCUT2D eigenvalue weighted by atomic mass is 10.1. The predicted octanol–water partition coefficient (Wildman–Crippen LogP) is 1.95. The SMILES string of the molecule is CCCC(CC)NC(C)=O.[HH]. The highest BCUT2D eigenvalue weighted by Crippen LogP contribution is 1.99. The molecule has 0 aliphatic rings. The molecule has 0 spiro atoms. The van der Waals surface area contributed by atoms with E-state index in [1.807, 2.05) is 0 Å². The Bertz CT molecular complexity index is 106. The molecule has 0 aromatic carbocycles. The zero-order valence-electron chi connectivity index (χ0n) is 7.11. The molecule has 0 saturated heterocycles. The highest BCUT2D eigenvalue weighted by Gasteiger charge is 2.04. The Kier molecular flexibility index (Phi) is 4.99. The van der Waals surface area contributed by atoms with E-state index in [-0.39, 0.29) is 7.33 Å². The van der Waals surface area contributed by atoms with E-state index in [1.54, 1.807) is 6.92 Å². The number of rotatable bonds is 4. The summed E-state index contributed by atoms with van der Waals surface area (Å²) in [7, 11) is 0. The van der Waals surface area contributed by atoms with Crippen molar-refractivity contribution in [1.29, 1.82) is 0 Å². The van der Waals surface area contributed by atoms with Crippen LogP contribution in [0.4, 0.5) is 0 Å². The summed E-state index contributed by atoms with van der Waals surface area (Å²) in [5.74, 6) is 0.0836. The van der Waals surface area contributed by atoms with Crippen LogP contribution in [0.25, 0.3) is 0 Å². The second kappa shape index (κ2) is 5.27. The number of carbonyl (C=O) groups is 1. The molecule has 0 heterocycles. The van der Waals surface area contributed by atoms with Gasteiger partial charge in [0.05, 0.1) is 0 Å². The van der Waals surface area contributed by atoms with E-state index in [0.717, 1.165) is 19.3 Å². The average Bonchev–Trinajstić information content (AvgIpc) is 1.86. The van der Waals surface area contributed by atoms with Crippen LogP contribution in [0.2, 0.25) is 0 Å². The molecule has 0 saturated carbocycles. The molecular formula is C8H19NO. The smallest absolute Gasteiger partial charge is 0.217 e. The fourth-order valence-electron chi connectivity index (χ4n) is 1.01. The lowest BCUT2D eigenvalue weighted by Gasteiger charge is -2.13. The zero-order chi connectivity index (χ0) is 7.98. The molecule has 0 aliphatic carbocycles. The minimum atomic E-state index is 0. The molecule has 1 N–H and O–H groups in total. The fraction of sp³-hybridized carbons (Fsp3) is 0.875. The fourth-order valence-corrected chi connectivity index (χ4v) is 1.01. The molecule has 1 amide bonds. The van der Waals surface area contributed by atoms with E-state index < -0.39 is 0 Å². The molecular weight excluding hydrogens is 126 g/mol. The van der Waals surface area contributed by atoms with Crippen LogP contribution in [0, 0.1) is 0 Å². The molecule has 10 heavy (non-hydrogen) atoms. The van der Waals surface area contributed by atoms with Crippen molar-refractivity contribution in [2.45, 2.75) is 46.1 Å². The number of amides is 1. The van der Waals surface area contributed by atoms with Crippen molar-refractivity contribution in [2.24, 2.45) is 0 Å². The summed E-state index contributed by atoms with van der Waals surface area (Å²) in [5, 5.41) is 2.89. The van der Waals surface area contributed by atoms with Gasteiger partial charge in [-0.2, -0.15) is 0 Å². The second-order valence-electron chi connectivity index (χ2n) is 2.59. The number of carbonyl (C=O) groups excluding carboxylic acids is 1. The molecule has 1 atom stereocenters. The van der Waals surface area contributed by atoms with Gasteiger partial charge < -0.3 is 5.32 Å². The largest absolute Gasteiger partial charge is 0.354 e. The highest BCUT2D eigenvalue weighted by molar-refractivity contribution is 5.73. The molecule has 0 rings (SSSR count). The van der Waals surface area contributed by atoms with E-state index >= 15 is 0 Å². The van der Waals surface area contributed by atoms with Crippen molar-refractivity contribution in [1.82, 2.24) is 5.32 Å². The van der Waals surface area contributed by atoms with Crippen molar-refractivity contribution in [3.05, 3.63) is 0 Å². The molecule has 0 fully saturated rings. The summed E-state index contributed by atoms with van der Waals surface area (Å²) in [5.41, 5.74) is 0. The van der Waals surface area contributed by atoms with Gasteiger partial charge in [0.25, 0.3) is 0 Å². The van der Waals surface area contributed by atoms with Gasteiger partial charge >= 0.3 is 0 Å². The lowest BCUT2D eigenvalue weighted by molar-refractivity contribution is -0.119. The Morgan fingerprint density at radius 2 is 2.20 bits per heavy atom. The van der Waals surface area contributed by atoms with Crippen molar-refractivity contribution >= 4 is 5.91 Å². The third-order valence-corrected chi connectivity index (χ3v) is 1.54. The van der Waals surface area contributed by atoms with Crippen LogP contribution in [-0.2, 0) is 4.79 Å². The number of hydrogen-bond acceptors (Lipinski definition) is 1. The normalized spacial score (nSPS) is 12.7. The minimum Gasteiger partial charge on any atom is -0.354 e. The molecule has 0 aliphatic heterocycles. The van der Waals surface area contributed by atoms with E-state index in [1.165, 1.54) is 0 Å². The third kappa shape index (κ3) is 4.36. The third-order valence-electron chi connectivity index (χ3n) is 1.54. The minimum absolute atomic E-state index is 0. The Morgan fingerprint density at radius 1 is 1.60 bits per heavy atom. The summed E-state index contributed by atoms with van der Waals surface area (Å²) >= 11 is 0. The first-order valence-corrected chi connectivity index (χ1v) is 3.97. The standard InChI is InChI=1S/C8H17NO.H2/c1-4-6-8(5-2)9-7(3)10;/h8H,4-6H2,1-3H3,(H,9,10);1H. The maximum Gasteiger partial charge on any atom is 0.217 e. The Balaban J connectivity index is 0. The Hall–Kier alpha value is -0.530. The summed E-state index contributed by atoms with van der Waals surface area (Å²) in [6, 6.07) is 0.391. The van der Waals surface area contributed by atoms with Crippen molar-refractivity contribution in [2.75, 3.05) is 0 Å². The van der Waals surface area contributed by atoms with Crippen molar-refractivity contribution in [3.63, 3.8) is 0 Å². The van der Waals surface area contributed by atoms with Gasteiger partial charge in [-0.1, -0.05) is 20.3 Å². The summed E-state index contributed by atoms with van der Waals surface area (Å²) in [6.07, 6.45) is 3.27. The van der Waals surface area contributed by atoms with Crippen LogP contribution in [0.1, 0.15) is 41.5 Å². The van der Waals surface area contributed by atoms with Crippen molar-refractivity contribution < 1.29 is 6.22 Å². The van der Waals surface area contributed by atoms with Gasteiger partial charge in [0.15, 0.2) is 0 Å². The predicted molar refractivity (Wildman–Crippen MR) is 44.9 cm³/mol. The van der Waals surface area contributed by atoms with Gasteiger partial charge in [0, 0.05) is 14.4 Å². The summed E-state index contributed by atoms with van der Waals surface area (Å²) < 4.78 is 0. The molecule has 2 heteroatoms. The highest BCUT2D eigenvalue weighted by atomic mass is 16.1. The van der Waals surface area contributed by atoms with Gasteiger partial charge in [-0.25, -0.2) is 0 Å². The van der Waals surface area contributed by atoms with Gasteiger partial charge in [0.2, 0.25) is 5.91 Å². The maximum atomic E-state index is 10.6. The first-order valence-electron chi connectivity index (χ1n) is 3.97. The van der Waals surface area contributed by atoms with E-state index in [0.29, 0.717) is 6.04 Å². The zero-order valence-corrected chi connectivity index (χ0v) is 7.11. The van der Waals surface area contributed by atoms with Gasteiger partial charge in [0.1, 0.15) is 0 Å². The van der Waals surface area contributed by atoms with Crippen molar-refractivity contribution in [3.8, 4) is 0 Å². The maximum absolute atomic E-state index is 10.6. The lowest BCUT2D eigenvalue weighted by Crippen LogP contribution is -2.32. The van der Waals surface area contributed by atoms with Crippen LogP contribution in [-0.4, -0.2) is 11.9 Å². The molecule has 0 aromatic rings. The van der Waals surface area contributed by atoms with E-state index in [9.17, 15) is 4.79 Å². The van der Waals surface area contributed by atoms with E-state index in [2.05, 4.69) is 19.2 Å². The summed E-state index contributed by atoms with van der Waals surface area (Å²) in [6.45, 7) is 5.79. The number of nitrogens with one attached hydrogen (secondary N) is 1. The van der Waals surface area contributed by atoms with Crippen LogP contribution >= 0.6 is 0 Å². The van der Waals surface area contributed by atoms with E-state index in [4.69, 9.17) is 0 Å². The first-order chi connectivity index (χ1) is 4.70. The van der Waals surface area contributed by atoms with Gasteiger partial charge in [-0.15, -0.1) is 0 Å². The van der Waals surface area contributed by atoms with Gasteiger partial charge in [-0.05, 0) is 12.8 Å². The summed E-state index contributed by atoms with van der Waals surface area (Å²) in [4.78, 5) is 10.6. The molecule has 62 valence electrons. The molecule has 0 aromatic heterocycles. The molecule has 2 nitrogen and oxygen atoms in total. The molecule has 0 radical (unpaired) electrons. The second-order valence-corrected chi connectivity index (χ2v) is 2.59. The Labute approximate surface area is 64.5 Å². The topological polar surface area (TPSA) is 29.1 Å². The quantitative estimate of drug-likeness (QED) is 0.643. The Morgan fingerprint density at radius 3 is 2.50 bits per heavy atom. The van der Waals surface area contributed by atoms with Crippen LogP contribution in [0.3, 0.4) is 0 Å². The van der Waals surface area contributed by atoms with Crippen LogP contribution in [0.15, 0.2) is 0 Å². The molecule has 0 bridgehead atoms. The first kappa shape index (κ1) is 9.47. The van der Waals surface area contributed by atoms with Crippen LogP contribution < -0.4 is 5.32 Å². The van der Waals surface area contributed by atoms with Crippen LogP contribution in [0.5, 0.6) is 0 Å². The average molecular weight is 145 g/mol.